The van der Waals surface area contributed by atoms with Crippen LogP contribution in [-0.4, -0.2) is 64.9 Å². The fourth-order valence-electron chi connectivity index (χ4n) is 3.73. The minimum absolute atomic E-state index is 0.119. The van der Waals surface area contributed by atoms with Crippen molar-refractivity contribution in [3.05, 3.63) is 24.3 Å². The molecule has 3 unspecified atom stereocenters. The first-order valence-corrected chi connectivity index (χ1v) is 16.9. The zero-order chi connectivity index (χ0) is 31.5. The number of phosphoric ester groups is 1. The lowest BCUT2D eigenvalue weighted by Crippen LogP contribution is -2.43. The van der Waals surface area contributed by atoms with Crippen molar-refractivity contribution in [2.45, 2.75) is 129 Å². The maximum atomic E-state index is 12.0. The molecule has 0 saturated carbocycles. The van der Waals surface area contributed by atoms with E-state index in [0.29, 0.717) is 12.8 Å². The van der Waals surface area contributed by atoms with Crippen LogP contribution in [0.5, 0.6) is 0 Å². The van der Waals surface area contributed by atoms with Gasteiger partial charge in [0.1, 0.15) is 12.7 Å². The summed E-state index contributed by atoms with van der Waals surface area (Å²) in [4.78, 5) is 44.6. The molecule has 0 aliphatic carbocycles. The van der Waals surface area contributed by atoms with Gasteiger partial charge >= 0.3 is 19.8 Å². The van der Waals surface area contributed by atoms with Gasteiger partial charge in [-0.1, -0.05) is 83.1 Å². The SMILES string of the molecule is CCCCCC/C=C\C/C=C\CCCCCCCC(=O)OCC(O)COP(=O)(O)OCC(NC(=O)CCCC)C(=O)O. The zero-order valence-corrected chi connectivity index (χ0v) is 26.4. The van der Waals surface area contributed by atoms with Gasteiger partial charge in [0.05, 0.1) is 13.2 Å². The Labute approximate surface area is 251 Å². The van der Waals surface area contributed by atoms with Crippen LogP contribution in [0.15, 0.2) is 24.3 Å². The Morgan fingerprint density at radius 3 is 1.95 bits per heavy atom. The van der Waals surface area contributed by atoms with E-state index in [1.54, 1.807) is 0 Å². The third-order valence-electron chi connectivity index (χ3n) is 6.24. The van der Waals surface area contributed by atoms with Crippen molar-refractivity contribution in [3.8, 4) is 0 Å². The van der Waals surface area contributed by atoms with Crippen LogP contribution in [0.25, 0.3) is 0 Å². The van der Waals surface area contributed by atoms with Gasteiger partial charge in [0.2, 0.25) is 5.91 Å². The van der Waals surface area contributed by atoms with Gasteiger partial charge in [-0.3, -0.25) is 18.6 Å². The van der Waals surface area contributed by atoms with Crippen LogP contribution in [0.1, 0.15) is 117 Å². The minimum atomic E-state index is -4.72. The number of hydrogen-bond donors (Lipinski definition) is 4. The molecule has 0 aromatic heterocycles. The number of unbranched alkanes of at least 4 members (excludes halogenated alkanes) is 10. The largest absolute Gasteiger partial charge is 0.480 e. The number of carboxylic acids is 1. The molecule has 0 aliphatic heterocycles. The Balaban J connectivity index is 3.89. The molecule has 12 heteroatoms. The molecule has 42 heavy (non-hydrogen) atoms. The van der Waals surface area contributed by atoms with Gasteiger partial charge in [0.25, 0.3) is 0 Å². The van der Waals surface area contributed by atoms with Gasteiger partial charge in [-0.2, -0.15) is 0 Å². The topological polar surface area (TPSA) is 169 Å². The highest BCUT2D eigenvalue weighted by Crippen LogP contribution is 2.43. The number of rotatable bonds is 28. The molecule has 11 nitrogen and oxygen atoms in total. The molecule has 1 amide bonds. The molecule has 0 fully saturated rings. The Hall–Kier alpha value is -2.04. The van der Waals surface area contributed by atoms with E-state index in [0.717, 1.165) is 44.9 Å². The molecule has 4 N–H and O–H groups in total. The summed E-state index contributed by atoms with van der Waals surface area (Å²) in [6.45, 7) is 2.19. The predicted octanol–water partition coefficient (Wildman–Crippen LogP) is 5.99. The van der Waals surface area contributed by atoms with E-state index in [4.69, 9.17) is 4.74 Å². The summed E-state index contributed by atoms with van der Waals surface area (Å²) >= 11 is 0. The second-order valence-electron chi connectivity index (χ2n) is 10.3. The van der Waals surface area contributed by atoms with E-state index >= 15 is 0 Å². The van der Waals surface area contributed by atoms with Crippen LogP contribution in [-0.2, 0) is 32.7 Å². The fraction of sp³-hybridized carbons (Fsp3) is 0.767. The summed E-state index contributed by atoms with van der Waals surface area (Å²) in [5, 5.41) is 21.3. The number of carboxylic acid groups (broad SMARTS) is 1. The van der Waals surface area contributed by atoms with E-state index in [9.17, 15) is 34.1 Å². The summed E-state index contributed by atoms with van der Waals surface area (Å²) in [5.74, 6) is -2.44. The van der Waals surface area contributed by atoms with Gasteiger partial charge in [0, 0.05) is 12.8 Å². The number of aliphatic hydroxyl groups is 1. The van der Waals surface area contributed by atoms with Crippen molar-refractivity contribution < 1.29 is 47.8 Å². The molecule has 0 heterocycles. The summed E-state index contributed by atoms with van der Waals surface area (Å²) < 4.78 is 26.3. The second-order valence-corrected chi connectivity index (χ2v) is 11.7. The summed E-state index contributed by atoms with van der Waals surface area (Å²) in [6, 6.07) is -1.54. The van der Waals surface area contributed by atoms with E-state index in [1.165, 1.54) is 32.1 Å². The number of aliphatic carboxylic acids is 1. The highest BCUT2D eigenvalue weighted by Gasteiger charge is 2.28. The fourth-order valence-corrected chi connectivity index (χ4v) is 4.50. The first kappa shape index (κ1) is 40.0. The average Bonchev–Trinajstić information content (AvgIpc) is 2.95. The third-order valence-corrected chi connectivity index (χ3v) is 7.19. The van der Waals surface area contributed by atoms with Gasteiger partial charge in [-0.05, 0) is 44.9 Å². The summed E-state index contributed by atoms with van der Waals surface area (Å²) in [7, 11) is -4.72. The molecule has 0 radical (unpaired) electrons. The van der Waals surface area contributed by atoms with Crippen LogP contribution in [0, 0.1) is 0 Å². The highest BCUT2D eigenvalue weighted by atomic mass is 31.2. The second kappa shape index (κ2) is 26.6. The van der Waals surface area contributed by atoms with Crippen molar-refractivity contribution in [1.82, 2.24) is 5.32 Å². The van der Waals surface area contributed by atoms with Crippen molar-refractivity contribution in [3.63, 3.8) is 0 Å². The van der Waals surface area contributed by atoms with Crippen LogP contribution in [0.3, 0.4) is 0 Å². The molecule has 244 valence electrons. The third kappa shape index (κ3) is 25.7. The molecular weight excluding hydrogens is 565 g/mol. The van der Waals surface area contributed by atoms with Gasteiger partial charge in [0.15, 0.2) is 6.04 Å². The lowest BCUT2D eigenvalue weighted by atomic mass is 10.1. The van der Waals surface area contributed by atoms with Gasteiger partial charge < -0.3 is 25.2 Å². The van der Waals surface area contributed by atoms with E-state index in [2.05, 4.69) is 45.6 Å². The Morgan fingerprint density at radius 1 is 0.762 bits per heavy atom. The molecule has 0 aromatic rings. The number of esters is 1. The molecule has 0 bridgehead atoms. The number of amides is 1. The molecule has 0 aromatic carbocycles. The first-order valence-electron chi connectivity index (χ1n) is 15.4. The number of carbonyl (C=O) groups is 3. The number of carbonyl (C=O) groups excluding carboxylic acids is 2. The predicted molar refractivity (Wildman–Crippen MR) is 162 cm³/mol. The van der Waals surface area contributed by atoms with Crippen LogP contribution < -0.4 is 5.32 Å². The molecule has 0 rings (SSSR count). The number of aliphatic hydroxyl groups excluding tert-OH is 1. The Kier molecular flexibility index (Phi) is 25.3. The number of ether oxygens (including phenoxy) is 1. The van der Waals surface area contributed by atoms with Crippen LogP contribution in [0.2, 0.25) is 0 Å². The number of hydrogen-bond acceptors (Lipinski definition) is 8. The summed E-state index contributed by atoms with van der Waals surface area (Å²) in [6.07, 6.45) is 22.3. The highest BCUT2D eigenvalue weighted by molar-refractivity contribution is 7.47. The van der Waals surface area contributed by atoms with Crippen LogP contribution >= 0.6 is 7.82 Å². The quantitative estimate of drug-likeness (QED) is 0.0353. The van der Waals surface area contributed by atoms with Gasteiger partial charge in [-0.25, -0.2) is 9.36 Å². The zero-order valence-electron chi connectivity index (χ0n) is 25.5. The smallest absolute Gasteiger partial charge is 0.472 e. The monoisotopic (exact) mass is 619 g/mol. The molecule has 0 spiro atoms. The lowest BCUT2D eigenvalue weighted by Gasteiger charge is -2.18. The van der Waals surface area contributed by atoms with Crippen molar-refractivity contribution in [2.75, 3.05) is 19.8 Å². The number of allylic oxidation sites excluding steroid dienone is 4. The number of nitrogens with one attached hydrogen (secondary N) is 1. The molecule has 0 aliphatic rings. The Morgan fingerprint density at radius 2 is 1.33 bits per heavy atom. The van der Waals surface area contributed by atoms with Gasteiger partial charge in [-0.15, -0.1) is 0 Å². The summed E-state index contributed by atoms with van der Waals surface area (Å²) in [5.41, 5.74) is 0. The lowest BCUT2D eigenvalue weighted by molar-refractivity contribution is -0.147. The molecular formula is C30H54NO10P. The Bertz CT molecular complexity index is 833. The number of phosphoric acid groups is 1. The van der Waals surface area contributed by atoms with Crippen molar-refractivity contribution >= 4 is 25.7 Å². The van der Waals surface area contributed by atoms with Crippen molar-refractivity contribution in [1.29, 1.82) is 0 Å². The maximum Gasteiger partial charge on any atom is 0.472 e. The average molecular weight is 620 g/mol. The minimum Gasteiger partial charge on any atom is -0.480 e. The molecule has 0 saturated heterocycles. The van der Waals surface area contributed by atoms with Crippen LogP contribution in [0.4, 0.5) is 0 Å². The normalized spacial score (nSPS) is 14.6. The van der Waals surface area contributed by atoms with Crippen molar-refractivity contribution in [2.24, 2.45) is 0 Å². The maximum absolute atomic E-state index is 12.0. The standard InChI is InChI=1S/C30H54NO10P/c1-3-5-7-8-9-10-11-12-13-14-15-16-17-18-19-20-22-29(34)39-23-26(32)24-40-42(37,38)41-25-27(30(35)36)31-28(33)21-6-4-2/h10-11,13-14,26-27,32H,3-9,12,15-25H2,1-2H3,(H,31,33)(H,35,36)(H,37,38)/b11-10-,14-13-. The van der Waals surface area contributed by atoms with E-state index in [-0.39, 0.29) is 12.8 Å². The van der Waals surface area contributed by atoms with E-state index < -0.39 is 57.6 Å². The first-order chi connectivity index (χ1) is 20.1. The molecule has 3 atom stereocenters. The van der Waals surface area contributed by atoms with E-state index in [1.807, 2.05) is 6.92 Å².